The zero-order valence-corrected chi connectivity index (χ0v) is 25.0. The summed E-state index contributed by atoms with van der Waals surface area (Å²) in [7, 11) is 1.34. The van der Waals surface area contributed by atoms with E-state index in [0.717, 1.165) is 11.3 Å². The van der Waals surface area contributed by atoms with E-state index in [1.165, 1.54) is 56.9 Å². The lowest BCUT2D eigenvalue weighted by Gasteiger charge is -2.24. The second-order valence-electron chi connectivity index (χ2n) is 11.1. The number of benzene rings is 3. The van der Waals surface area contributed by atoms with Crippen LogP contribution in [0, 0.1) is 48.5 Å². The molecule has 0 fully saturated rings. The van der Waals surface area contributed by atoms with Gasteiger partial charge in [-0.3, -0.25) is 0 Å². The molecule has 0 saturated heterocycles. The minimum atomic E-state index is -0.487. The summed E-state index contributed by atoms with van der Waals surface area (Å²) < 4.78 is 6.50. The highest BCUT2D eigenvalue weighted by Gasteiger charge is 2.28. The number of esters is 1. The number of ether oxygens (including phenoxy) is 1. The van der Waals surface area contributed by atoms with Gasteiger partial charge in [-0.25, -0.2) is 14.5 Å². The van der Waals surface area contributed by atoms with Crippen LogP contribution in [0.2, 0.25) is 0 Å². The molecule has 5 rings (SSSR count). The Kier molecular flexibility index (Phi) is 7.63. The summed E-state index contributed by atoms with van der Waals surface area (Å²) in [6.45, 7) is 15.1. The third kappa shape index (κ3) is 5.57. The predicted octanol–water partition coefficient (Wildman–Crippen LogP) is 4.79. The SMILES string of the molecule is COC(=O)c1cc(-n2cc(-c3ccc(B(c4c(C)cc(C)cc4C)c4c(C)cc(C)cc4C)cc3)nn2)cc(C)n1. The first kappa shape index (κ1) is 28.0. The zero-order valence-electron chi connectivity index (χ0n) is 25.0. The highest BCUT2D eigenvalue weighted by atomic mass is 16.5. The Hall–Kier alpha value is -4.52. The molecule has 2 heterocycles. The Labute approximate surface area is 242 Å². The van der Waals surface area contributed by atoms with Crippen molar-refractivity contribution in [3.63, 3.8) is 0 Å². The monoisotopic (exact) mass is 542 g/mol. The van der Waals surface area contributed by atoms with Crippen molar-refractivity contribution >= 4 is 29.1 Å². The summed E-state index contributed by atoms with van der Waals surface area (Å²) in [6.07, 6.45) is 1.87. The van der Waals surface area contributed by atoms with Gasteiger partial charge in [0.2, 0.25) is 6.71 Å². The van der Waals surface area contributed by atoms with E-state index in [4.69, 9.17) is 4.74 Å². The van der Waals surface area contributed by atoms with Crippen LogP contribution in [0.15, 0.2) is 66.9 Å². The van der Waals surface area contributed by atoms with Crippen LogP contribution in [0.3, 0.4) is 0 Å². The van der Waals surface area contributed by atoms with Gasteiger partial charge in [0, 0.05) is 11.3 Å². The van der Waals surface area contributed by atoms with Crippen LogP contribution in [-0.2, 0) is 4.74 Å². The quantitative estimate of drug-likeness (QED) is 0.228. The van der Waals surface area contributed by atoms with E-state index in [1.54, 1.807) is 10.7 Å². The molecule has 41 heavy (non-hydrogen) atoms. The maximum absolute atomic E-state index is 12.1. The van der Waals surface area contributed by atoms with Crippen molar-refractivity contribution in [2.45, 2.75) is 48.5 Å². The number of hydrogen-bond acceptors (Lipinski definition) is 5. The van der Waals surface area contributed by atoms with Gasteiger partial charge in [0.05, 0.1) is 19.0 Å². The van der Waals surface area contributed by atoms with Crippen LogP contribution < -0.4 is 16.4 Å². The van der Waals surface area contributed by atoms with E-state index in [2.05, 4.69) is 105 Å². The molecule has 0 spiro atoms. The van der Waals surface area contributed by atoms with Crippen LogP contribution in [0.5, 0.6) is 0 Å². The van der Waals surface area contributed by atoms with E-state index in [0.29, 0.717) is 11.4 Å². The Morgan fingerprint density at radius 3 is 1.80 bits per heavy atom. The van der Waals surface area contributed by atoms with Crippen molar-refractivity contribution in [2.75, 3.05) is 7.11 Å². The summed E-state index contributed by atoms with van der Waals surface area (Å²) in [5, 5.41) is 8.76. The van der Waals surface area contributed by atoms with E-state index >= 15 is 0 Å². The van der Waals surface area contributed by atoms with E-state index < -0.39 is 5.97 Å². The Morgan fingerprint density at radius 2 is 1.29 bits per heavy atom. The molecule has 0 aliphatic rings. The Morgan fingerprint density at radius 1 is 0.756 bits per heavy atom. The van der Waals surface area contributed by atoms with Gasteiger partial charge in [-0.05, 0) is 60.6 Å². The molecule has 206 valence electrons. The molecule has 3 aromatic carbocycles. The summed E-state index contributed by atoms with van der Waals surface area (Å²) in [4.78, 5) is 16.3. The Bertz CT molecular complexity index is 1670. The molecule has 2 aromatic heterocycles. The Balaban J connectivity index is 1.56. The fraction of sp³-hybridized carbons (Fsp3) is 0.235. The maximum Gasteiger partial charge on any atom is 0.356 e. The molecular weight excluding hydrogens is 507 g/mol. The minimum absolute atomic E-state index is 0.109. The van der Waals surface area contributed by atoms with Crippen molar-refractivity contribution in [1.82, 2.24) is 20.0 Å². The number of carbonyl (C=O) groups excluding carboxylic acids is 1. The third-order valence-corrected chi connectivity index (χ3v) is 7.68. The van der Waals surface area contributed by atoms with Gasteiger partial charge < -0.3 is 4.74 Å². The molecule has 0 aliphatic heterocycles. The van der Waals surface area contributed by atoms with Gasteiger partial charge in [0.1, 0.15) is 5.69 Å². The smallest absolute Gasteiger partial charge is 0.356 e. The summed E-state index contributed by atoms with van der Waals surface area (Å²) in [5.74, 6) is -0.487. The molecule has 0 radical (unpaired) electrons. The third-order valence-electron chi connectivity index (χ3n) is 7.68. The lowest BCUT2D eigenvalue weighted by Crippen LogP contribution is -2.55. The average Bonchev–Trinajstić information content (AvgIpc) is 3.41. The van der Waals surface area contributed by atoms with Gasteiger partial charge >= 0.3 is 5.97 Å². The normalized spacial score (nSPS) is 11.0. The second-order valence-corrected chi connectivity index (χ2v) is 11.1. The van der Waals surface area contributed by atoms with E-state index in [9.17, 15) is 4.79 Å². The van der Waals surface area contributed by atoms with Crippen molar-refractivity contribution in [3.05, 3.63) is 112 Å². The first-order valence-electron chi connectivity index (χ1n) is 13.8. The lowest BCUT2D eigenvalue weighted by molar-refractivity contribution is 0.0593. The maximum atomic E-state index is 12.1. The summed E-state index contributed by atoms with van der Waals surface area (Å²) >= 11 is 0. The van der Waals surface area contributed by atoms with Crippen LogP contribution in [-0.4, -0.2) is 39.8 Å². The van der Waals surface area contributed by atoms with Crippen molar-refractivity contribution in [2.24, 2.45) is 0 Å². The number of aryl methyl sites for hydroxylation is 7. The number of nitrogens with zero attached hydrogens (tertiary/aromatic N) is 4. The standard InChI is InChI=1S/C34H35BN4O2/c1-20-13-22(3)32(23(4)14-20)35(33-24(5)15-21(2)16-25(33)6)28-11-9-27(10-12-28)31-19-39(38-37-31)29-17-26(7)36-30(18-29)34(40)41-8/h9-19H,1-8H3. The zero-order chi connectivity index (χ0) is 29.4. The molecule has 0 bridgehead atoms. The second kappa shape index (κ2) is 11.2. The largest absolute Gasteiger partial charge is 0.464 e. The van der Waals surface area contributed by atoms with Gasteiger partial charge in [-0.1, -0.05) is 104 Å². The first-order valence-corrected chi connectivity index (χ1v) is 13.8. The molecule has 0 unspecified atom stereocenters. The minimum Gasteiger partial charge on any atom is -0.464 e. The van der Waals surface area contributed by atoms with Gasteiger partial charge in [0.15, 0.2) is 5.69 Å². The molecule has 0 atom stereocenters. The molecule has 0 amide bonds. The number of pyridine rings is 1. The topological polar surface area (TPSA) is 69.9 Å². The average molecular weight is 542 g/mol. The fourth-order valence-corrected chi connectivity index (χ4v) is 6.13. The van der Waals surface area contributed by atoms with E-state index in [1.807, 2.05) is 19.2 Å². The van der Waals surface area contributed by atoms with Crippen molar-refractivity contribution in [3.8, 4) is 16.9 Å². The molecule has 6 nitrogen and oxygen atoms in total. The van der Waals surface area contributed by atoms with Gasteiger partial charge in [-0.2, -0.15) is 0 Å². The predicted molar refractivity (Wildman–Crippen MR) is 167 cm³/mol. The lowest BCUT2D eigenvalue weighted by atomic mass is 9.34. The molecule has 5 aromatic rings. The number of hydrogen-bond donors (Lipinski definition) is 0. The number of methoxy groups -OCH3 is 1. The molecular formula is C34H35BN4O2. The first-order chi connectivity index (χ1) is 19.5. The molecule has 7 heteroatoms. The van der Waals surface area contributed by atoms with Gasteiger partial charge in [-0.15, -0.1) is 5.10 Å². The summed E-state index contributed by atoms with van der Waals surface area (Å²) in [5.41, 5.74) is 15.1. The van der Waals surface area contributed by atoms with E-state index in [-0.39, 0.29) is 12.4 Å². The highest BCUT2D eigenvalue weighted by Crippen LogP contribution is 2.19. The van der Waals surface area contributed by atoms with Gasteiger partial charge in [0.25, 0.3) is 0 Å². The molecule has 0 N–H and O–H groups in total. The molecule has 0 aliphatic carbocycles. The van der Waals surface area contributed by atoms with Crippen LogP contribution >= 0.6 is 0 Å². The van der Waals surface area contributed by atoms with Crippen LogP contribution in [0.4, 0.5) is 0 Å². The fourth-order valence-electron chi connectivity index (χ4n) is 6.13. The number of aromatic nitrogens is 4. The van der Waals surface area contributed by atoms with Crippen molar-refractivity contribution < 1.29 is 9.53 Å². The summed E-state index contributed by atoms with van der Waals surface area (Å²) in [6, 6.07) is 21.3. The van der Waals surface area contributed by atoms with Crippen LogP contribution in [0.1, 0.15) is 49.6 Å². The van der Waals surface area contributed by atoms with Crippen LogP contribution in [0.25, 0.3) is 16.9 Å². The highest BCUT2D eigenvalue weighted by molar-refractivity contribution is 6.96. The van der Waals surface area contributed by atoms with Crippen molar-refractivity contribution in [1.29, 1.82) is 0 Å². The molecule has 0 saturated carbocycles. The number of rotatable bonds is 6. The number of carbonyl (C=O) groups is 1.